The van der Waals surface area contributed by atoms with Gasteiger partial charge in [-0.2, -0.15) is 0 Å². The fourth-order valence-electron chi connectivity index (χ4n) is 2.23. The molecule has 2 aromatic carbocycles. The zero-order chi connectivity index (χ0) is 17.1. The van der Waals surface area contributed by atoms with Gasteiger partial charge in [0.15, 0.2) is 0 Å². The SMILES string of the molecule is NNC(=O)c1nc(-c2ccccc2F)cc(-c2ccccc2F)n1. The minimum Gasteiger partial charge on any atom is -0.287 e. The molecule has 120 valence electrons. The number of hydrazine groups is 1. The topological polar surface area (TPSA) is 80.9 Å². The third-order valence-electron chi connectivity index (χ3n) is 3.36. The number of carbonyl (C=O) groups is 1. The highest BCUT2D eigenvalue weighted by Gasteiger charge is 2.16. The summed E-state index contributed by atoms with van der Waals surface area (Å²) in [7, 11) is 0. The monoisotopic (exact) mass is 326 g/mol. The van der Waals surface area contributed by atoms with Crippen LogP contribution in [0.25, 0.3) is 22.5 Å². The first-order chi connectivity index (χ1) is 11.6. The molecule has 0 aliphatic heterocycles. The van der Waals surface area contributed by atoms with Gasteiger partial charge in [0.2, 0.25) is 5.82 Å². The molecular weight excluding hydrogens is 314 g/mol. The van der Waals surface area contributed by atoms with Gasteiger partial charge in [0, 0.05) is 11.1 Å². The third kappa shape index (κ3) is 2.97. The summed E-state index contributed by atoms with van der Waals surface area (Å²) in [6.45, 7) is 0. The Morgan fingerprint density at radius 2 is 1.33 bits per heavy atom. The molecule has 0 radical (unpaired) electrons. The minimum absolute atomic E-state index is 0.153. The van der Waals surface area contributed by atoms with Gasteiger partial charge in [-0.3, -0.25) is 10.2 Å². The van der Waals surface area contributed by atoms with Crippen LogP contribution in [0.5, 0.6) is 0 Å². The highest BCUT2D eigenvalue weighted by Crippen LogP contribution is 2.27. The van der Waals surface area contributed by atoms with Crippen LogP contribution in [0.3, 0.4) is 0 Å². The number of aromatic nitrogens is 2. The summed E-state index contributed by atoms with van der Waals surface area (Å²) >= 11 is 0. The Balaban J connectivity index is 2.24. The van der Waals surface area contributed by atoms with Crippen molar-refractivity contribution in [2.24, 2.45) is 5.84 Å². The second-order valence-electron chi connectivity index (χ2n) is 4.90. The number of benzene rings is 2. The lowest BCUT2D eigenvalue weighted by molar-refractivity contribution is 0.0943. The van der Waals surface area contributed by atoms with Crippen molar-refractivity contribution in [3.63, 3.8) is 0 Å². The molecule has 3 aromatic rings. The molecule has 0 aliphatic carbocycles. The average molecular weight is 326 g/mol. The molecule has 0 saturated heterocycles. The maximum atomic E-state index is 14.0. The molecular formula is C17H12F2N4O. The van der Waals surface area contributed by atoms with E-state index in [1.54, 1.807) is 12.1 Å². The molecule has 1 aromatic heterocycles. The number of nitrogens with one attached hydrogen (secondary N) is 1. The van der Waals surface area contributed by atoms with E-state index >= 15 is 0 Å². The van der Waals surface area contributed by atoms with Crippen molar-refractivity contribution in [3.8, 4) is 22.5 Å². The number of hydrogen-bond acceptors (Lipinski definition) is 4. The number of nitrogens with zero attached hydrogens (tertiary/aromatic N) is 2. The van der Waals surface area contributed by atoms with Gasteiger partial charge < -0.3 is 0 Å². The Morgan fingerprint density at radius 3 is 1.75 bits per heavy atom. The van der Waals surface area contributed by atoms with Crippen LogP contribution in [0.1, 0.15) is 10.6 Å². The fourth-order valence-corrected chi connectivity index (χ4v) is 2.23. The van der Waals surface area contributed by atoms with Crippen molar-refractivity contribution >= 4 is 5.91 Å². The lowest BCUT2D eigenvalue weighted by atomic mass is 10.1. The molecule has 0 saturated carbocycles. The van der Waals surface area contributed by atoms with Crippen molar-refractivity contribution in [2.75, 3.05) is 0 Å². The quantitative estimate of drug-likeness (QED) is 0.440. The van der Waals surface area contributed by atoms with Crippen LogP contribution in [-0.2, 0) is 0 Å². The number of hydrogen-bond donors (Lipinski definition) is 2. The van der Waals surface area contributed by atoms with Gasteiger partial charge in [-0.1, -0.05) is 24.3 Å². The minimum atomic E-state index is -0.759. The lowest BCUT2D eigenvalue weighted by Crippen LogP contribution is -2.31. The molecule has 24 heavy (non-hydrogen) atoms. The molecule has 3 rings (SSSR count). The molecule has 3 N–H and O–H groups in total. The number of amides is 1. The number of halogens is 2. The van der Waals surface area contributed by atoms with Crippen LogP contribution >= 0.6 is 0 Å². The number of carbonyl (C=O) groups excluding carboxylic acids is 1. The highest BCUT2D eigenvalue weighted by atomic mass is 19.1. The van der Waals surface area contributed by atoms with Crippen molar-refractivity contribution in [3.05, 3.63) is 72.1 Å². The van der Waals surface area contributed by atoms with E-state index in [4.69, 9.17) is 5.84 Å². The Bertz CT molecular complexity index is 851. The normalized spacial score (nSPS) is 10.5. The zero-order valence-electron chi connectivity index (χ0n) is 12.3. The zero-order valence-corrected chi connectivity index (χ0v) is 12.3. The van der Waals surface area contributed by atoms with E-state index in [2.05, 4.69) is 9.97 Å². The average Bonchev–Trinajstić information content (AvgIpc) is 2.61. The smallest absolute Gasteiger partial charge is 0.287 e. The Hall–Kier alpha value is -3.19. The fraction of sp³-hybridized carbons (Fsp3) is 0. The van der Waals surface area contributed by atoms with Crippen LogP contribution in [0, 0.1) is 11.6 Å². The van der Waals surface area contributed by atoms with E-state index in [9.17, 15) is 13.6 Å². The summed E-state index contributed by atoms with van der Waals surface area (Å²) in [4.78, 5) is 19.9. The summed E-state index contributed by atoms with van der Waals surface area (Å²) in [6, 6.07) is 13.3. The largest absolute Gasteiger partial charge is 0.302 e. The lowest BCUT2D eigenvalue weighted by Gasteiger charge is -2.09. The first-order valence-electron chi connectivity index (χ1n) is 7.00. The number of nitrogens with two attached hydrogens (primary N) is 1. The molecule has 0 spiro atoms. The van der Waals surface area contributed by atoms with Crippen LogP contribution < -0.4 is 11.3 Å². The van der Waals surface area contributed by atoms with E-state index in [0.29, 0.717) is 0 Å². The van der Waals surface area contributed by atoms with E-state index < -0.39 is 17.5 Å². The Labute approximate surface area is 136 Å². The summed E-state index contributed by atoms with van der Waals surface area (Å²) in [5.74, 6) is 3.04. The van der Waals surface area contributed by atoms with Gasteiger partial charge in [-0.25, -0.2) is 24.6 Å². The summed E-state index contributed by atoms with van der Waals surface area (Å²) < 4.78 is 28.1. The summed E-state index contributed by atoms with van der Waals surface area (Å²) in [6.07, 6.45) is 0. The molecule has 0 fully saturated rings. The molecule has 7 heteroatoms. The highest BCUT2D eigenvalue weighted by molar-refractivity contribution is 5.91. The summed E-state index contributed by atoms with van der Waals surface area (Å²) in [5, 5.41) is 0. The molecule has 5 nitrogen and oxygen atoms in total. The molecule has 0 atom stereocenters. The number of rotatable bonds is 3. The molecule has 1 heterocycles. The van der Waals surface area contributed by atoms with Crippen LogP contribution in [-0.4, -0.2) is 15.9 Å². The van der Waals surface area contributed by atoms with Crippen molar-refractivity contribution in [1.29, 1.82) is 0 Å². The van der Waals surface area contributed by atoms with Crippen molar-refractivity contribution in [1.82, 2.24) is 15.4 Å². The van der Waals surface area contributed by atoms with E-state index in [-0.39, 0.29) is 28.3 Å². The first-order valence-corrected chi connectivity index (χ1v) is 7.00. The van der Waals surface area contributed by atoms with Gasteiger partial charge in [-0.05, 0) is 30.3 Å². The standard InChI is InChI=1S/C17H12F2N4O/c18-12-7-3-1-5-10(12)14-9-15(11-6-2-4-8-13(11)19)22-16(21-14)17(24)23-20/h1-9H,20H2,(H,23,24). The molecule has 0 aliphatic rings. The van der Waals surface area contributed by atoms with Gasteiger partial charge in [0.05, 0.1) is 11.4 Å². The van der Waals surface area contributed by atoms with E-state index in [1.165, 1.54) is 42.5 Å². The van der Waals surface area contributed by atoms with Gasteiger partial charge in [0.25, 0.3) is 0 Å². The second kappa shape index (κ2) is 6.51. The molecule has 1 amide bonds. The third-order valence-corrected chi connectivity index (χ3v) is 3.36. The van der Waals surface area contributed by atoms with E-state index in [0.717, 1.165) is 0 Å². The van der Waals surface area contributed by atoms with Gasteiger partial charge >= 0.3 is 5.91 Å². The van der Waals surface area contributed by atoms with Crippen molar-refractivity contribution in [2.45, 2.75) is 0 Å². The van der Waals surface area contributed by atoms with Crippen LogP contribution in [0.4, 0.5) is 8.78 Å². The second-order valence-corrected chi connectivity index (χ2v) is 4.90. The predicted octanol–water partition coefficient (Wildman–Crippen LogP) is 2.69. The summed E-state index contributed by atoms with van der Waals surface area (Å²) in [5.41, 5.74) is 2.56. The van der Waals surface area contributed by atoms with Gasteiger partial charge in [0.1, 0.15) is 11.6 Å². The van der Waals surface area contributed by atoms with E-state index in [1.807, 2.05) is 5.43 Å². The first kappa shape index (κ1) is 15.7. The van der Waals surface area contributed by atoms with Crippen LogP contribution in [0.15, 0.2) is 54.6 Å². The Morgan fingerprint density at radius 1 is 0.875 bits per heavy atom. The Kier molecular flexibility index (Phi) is 4.26. The maximum Gasteiger partial charge on any atom is 0.302 e. The van der Waals surface area contributed by atoms with Crippen molar-refractivity contribution < 1.29 is 13.6 Å². The molecule has 0 bridgehead atoms. The van der Waals surface area contributed by atoms with Gasteiger partial charge in [-0.15, -0.1) is 0 Å². The maximum absolute atomic E-state index is 14.0. The molecule has 0 unspecified atom stereocenters. The predicted molar refractivity (Wildman–Crippen MR) is 84.5 cm³/mol. The number of nitrogen functional groups attached to an aromatic ring is 1. The van der Waals surface area contributed by atoms with Crippen LogP contribution in [0.2, 0.25) is 0 Å².